The van der Waals surface area contributed by atoms with Crippen LogP contribution in [0.5, 0.6) is 5.75 Å². The topological polar surface area (TPSA) is 35.5 Å². The van der Waals surface area contributed by atoms with Gasteiger partial charge in [-0.1, -0.05) is 26.8 Å². The number of hydrogen-bond acceptors (Lipinski definition) is 3. The summed E-state index contributed by atoms with van der Waals surface area (Å²) in [7, 11) is -1.01. The lowest BCUT2D eigenvalue weighted by Crippen LogP contribution is -2.42. The average molecular weight is 277 g/mol. The molecule has 3 nitrogen and oxygen atoms in total. The van der Waals surface area contributed by atoms with Crippen molar-refractivity contribution in [2.24, 2.45) is 0 Å². The highest BCUT2D eigenvalue weighted by molar-refractivity contribution is 6.49. The third kappa shape index (κ3) is 2.60. The van der Waals surface area contributed by atoms with Gasteiger partial charge in [0.25, 0.3) is 5.79 Å². The molecule has 0 amide bonds. The van der Waals surface area contributed by atoms with Crippen LogP contribution in [-0.4, -0.2) is 20.6 Å². The summed E-state index contributed by atoms with van der Waals surface area (Å²) in [5, 5.41) is 0. The lowest BCUT2D eigenvalue weighted by molar-refractivity contribution is -0.0564. The highest BCUT2D eigenvalue weighted by atomic mass is 28.3. The Hall–Kier alpha value is -1.13. The van der Waals surface area contributed by atoms with Crippen molar-refractivity contribution in [3.05, 3.63) is 29.3 Å². The summed E-state index contributed by atoms with van der Waals surface area (Å²) >= 11 is 0. The van der Waals surface area contributed by atoms with Crippen LogP contribution in [0.2, 0.25) is 13.1 Å². The fraction of sp³-hybridized carbons (Fsp3) is 0.533. The minimum absolute atomic E-state index is 0.0335. The number of benzene rings is 1. The van der Waals surface area contributed by atoms with Crippen molar-refractivity contribution in [3.63, 3.8) is 0 Å². The van der Waals surface area contributed by atoms with E-state index in [1.165, 1.54) is 0 Å². The summed E-state index contributed by atoms with van der Waals surface area (Å²) in [6.45, 7) is 12.1. The molecule has 1 atom stereocenters. The van der Waals surface area contributed by atoms with Crippen molar-refractivity contribution in [2.45, 2.75) is 52.0 Å². The number of rotatable bonds is 2. The zero-order valence-electron chi connectivity index (χ0n) is 12.5. The van der Waals surface area contributed by atoms with Crippen LogP contribution in [-0.2, 0) is 9.84 Å². The summed E-state index contributed by atoms with van der Waals surface area (Å²) in [6.07, 6.45) is 0. The van der Waals surface area contributed by atoms with Crippen molar-refractivity contribution >= 4 is 14.8 Å². The number of carbonyl (C=O) groups excluding carboxylic acids is 1. The van der Waals surface area contributed by atoms with E-state index in [0.29, 0.717) is 11.3 Å². The monoisotopic (exact) mass is 277 g/mol. The molecule has 0 bridgehead atoms. The number of fused-ring (bicyclic) bond motifs is 1. The lowest BCUT2D eigenvalue weighted by Gasteiger charge is -2.25. The highest BCUT2D eigenvalue weighted by Crippen LogP contribution is 2.38. The fourth-order valence-electron chi connectivity index (χ4n) is 2.22. The Balaban J connectivity index is 2.38. The first-order valence-electron chi connectivity index (χ1n) is 6.51. The predicted molar refractivity (Wildman–Crippen MR) is 77.1 cm³/mol. The quantitative estimate of drug-likeness (QED) is 0.776. The molecule has 1 aromatic rings. The van der Waals surface area contributed by atoms with E-state index in [1.807, 2.05) is 31.3 Å². The van der Waals surface area contributed by atoms with E-state index >= 15 is 0 Å². The van der Waals surface area contributed by atoms with Gasteiger partial charge in [0.1, 0.15) is 5.75 Å². The molecule has 1 aliphatic rings. The Morgan fingerprint density at radius 1 is 1.26 bits per heavy atom. The first kappa shape index (κ1) is 14.3. The number of hydrogen-bond donors (Lipinski definition) is 0. The summed E-state index contributed by atoms with van der Waals surface area (Å²) in [4.78, 5) is 12.4. The Bertz CT molecular complexity index is 517. The molecule has 1 heterocycles. The van der Waals surface area contributed by atoms with Crippen molar-refractivity contribution in [1.29, 1.82) is 0 Å². The van der Waals surface area contributed by atoms with E-state index in [1.54, 1.807) is 6.92 Å². The standard InChI is InChI=1S/C15H21O3Si/c1-14(2,3)10-7-8-11-12(9-10)17-15(4,13(11)16)18-19(5)6/h7-9H,1-6H3. The fourth-order valence-corrected chi connectivity index (χ4v) is 3.13. The van der Waals surface area contributed by atoms with E-state index in [2.05, 4.69) is 20.8 Å². The Morgan fingerprint density at radius 2 is 1.89 bits per heavy atom. The summed E-state index contributed by atoms with van der Waals surface area (Å²) in [6, 6.07) is 5.81. The third-order valence-electron chi connectivity index (χ3n) is 3.21. The van der Waals surface area contributed by atoms with Crippen molar-refractivity contribution in [2.75, 3.05) is 0 Å². The van der Waals surface area contributed by atoms with Gasteiger partial charge in [-0.3, -0.25) is 4.79 Å². The second-order valence-corrected chi connectivity index (χ2v) is 8.37. The Kier molecular flexibility index (Phi) is 3.35. The zero-order chi connectivity index (χ0) is 14.4. The van der Waals surface area contributed by atoms with E-state index in [-0.39, 0.29) is 11.2 Å². The van der Waals surface area contributed by atoms with Crippen molar-refractivity contribution < 1.29 is 14.0 Å². The minimum atomic E-state index is -1.14. The van der Waals surface area contributed by atoms with Gasteiger partial charge in [0.05, 0.1) is 5.56 Å². The van der Waals surface area contributed by atoms with Gasteiger partial charge in [0, 0.05) is 6.92 Å². The molecule has 0 aliphatic carbocycles. The zero-order valence-corrected chi connectivity index (χ0v) is 13.5. The third-order valence-corrected chi connectivity index (χ3v) is 4.01. The first-order valence-corrected chi connectivity index (χ1v) is 8.92. The average Bonchev–Trinajstić information content (AvgIpc) is 2.48. The van der Waals surface area contributed by atoms with Gasteiger partial charge in [-0.25, -0.2) is 0 Å². The first-order chi connectivity index (χ1) is 8.63. The molecule has 19 heavy (non-hydrogen) atoms. The minimum Gasteiger partial charge on any atom is -0.455 e. The smallest absolute Gasteiger partial charge is 0.263 e. The molecular formula is C15H21O3Si. The van der Waals surface area contributed by atoms with Gasteiger partial charge in [-0.2, -0.15) is 0 Å². The summed E-state index contributed by atoms with van der Waals surface area (Å²) < 4.78 is 11.6. The SMILES string of the molecule is C[Si](C)OC1(C)Oc2cc(C(C)(C)C)ccc2C1=O. The maximum atomic E-state index is 12.4. The molecule has 4 heteroatoms. The molecule has 0 fully saturated rings. The number of Topliss-reactive ketones (excluding diaryl/α,β-unsaturated/α-hetero) is 1. The second-order valence-electron chi connectivity index (χ2n) is 6.35. The van der Waals surface area contributed by atoms with E-state index in [0.717, 1.165) is 5.56 Å². The molecule has 2 rings (SSSR count). The molecule has 0 N–H and O–H groups in total. The van der Waals surface area contributed by atoms with Gasteiger partial charge in [-0.05, 0) is 36.2 Å². The van der Waals surface area contributed by atoms with E-state index in [9.17, 15) is 4.79 Å². The van der Waals surface area contributed by atoms with E-state index < -0.39 is 14.8 Å². The lowest BCUT2D eigenvalue weighted by atomic mass is 9.86. The van der Waals surface area contributed by atoms with Crippen LogP contribution in [0.3, 0.4) is 0 Å². The number of ether oxygens (including phenoxy) is 1. The molecular weight excluding hydrogens is 256 g/mol. The highest BCUT2D eigenvalue weighted by Gasteiger charge is 2.46. The maximum Gasteiger partial charge on any atom is 0.263 e. The van der Waals surface area contributed by atoms with Crippen molar-refractivity contribution in [1.82, 2.24) is 0 Å². The number of carbonyl (C=O) groups is 1. The molecule has 1 unspecified atom stereocenters. The van der Waals surface area contributed by atoms with Crippen LogP contribution < -0.4 is 4.74 Å². The van der Waals surface area contributed by atoms with E-state index in [4.69, 9.17) is 9.16 Å². The molecule has 103 valence electrons. The number of ketones is 1. The molecule has 0 aromatic heterocycles. The normalized spacial score (nSPS) is 22.6. The van der Waals surface area contributed by atoms with Crippen LogP contribution in [0.4, 0.5) is 0 Å². The van der Waals surface area contributed by atoms with Crippen molar-refractivity contribution in [3.8, 4) is 5.75 Å². The van der Waals surface area contributed by atoms with Crippen LogP contribution >= 0.6 is 0 Å². The molecule has 0 saturated carbocycles. The summed E-state index contributed by atoms with van der Waals surface area (Å²) in [5.41, 5.74) is 1.81. The van der Waals surface area contributed by atoms with Crippen LogP contribution in [0.1, 0.15) is 43.6 Å². The second kappa shape index (κ2) is 4.46. The maximum absolute atomic E-state index is 12.4. The molecule has 1 aromatic carbocycles. The summed E-state index contributed by atoms with van der Waals surface area (Å²) in [5.74, 6) is -0.575. The Labute approximate surface area is 116 Å². The predicted octanol–water partition coefficient (Wildman–Crippen LogP) is 3.54. The molecule has 0 spiro atoms. The molecule has 0 saturated heterocycles. The Morgan fingerprint density at radius 3 is 2.42 bits per heavy atom. The largest absolute Gasteiger partial charge is 0.455 e. The van der Waals surface area contributed by atoms with Crippen LogP contribution in [0.25, 0.3) is 0 Å². The van der Waals surface area contributed by atoms with Gasteiger partial charge in [-0.15, -0.1) is 0 Å². The van der Waals surface area contributed by atoms with Crippen LogP contribution in [0, 0.1) is 0 Å². The van der Waals surface area contributed by atoms with Gasteiger partial charge in [0.2, 0.25) is 14.8 Å². The van der Waals surface area contributed by atoms with Crippen LogP contribution in [0.15, 0.2) is 18.2 Å². The molecule has 1 aliphatic heterocycles. The molecule has 1 radical (unpaired) electrons. The van der Waals surface area contributed by atoms with Gasteiger partial charge >= 0.3 is 0 Å². The van der Waals surface area contributed by atoms with Gasteiger partial charge < -0.3 is 9.16 Å². The van der Waals surface area contributed by atoms with Gasteiger partial charge in [0.15, 0.2) is 0 Å².